The molecule has 144 valence electrons. The van der Waals surface area contributed by atoms with Crippen molar-refractivity contribution in [2.75, 3.05) is 19.4 Å². The first-order valence-corrected chi connectivity index (χ1v) is 9.36. The summed E-state index contributed by atoms with van der Waals surface area (Å²) in [6.45, 7) is 1.34. The number of anilines is 1. The second-order valence-electron chi connectivity index (χ2n) is 7.32. The van der Waals surface area contributed by atoms with E-state index in [-0.39, 0.29) is 11.9 Å². The van der Waals surface area contributed by atoms with E-state index in [2.05, 4.69) is 10.9 Å². The number of hydrogen-bond acceptors (Lipinski definition) is 5. The normalized spacial score (nSPS) is 16.8. The van der Waals surface area contributed by atoms with Crippen LogP contribution in [0.15, 0.2) is 36.4 Å². The van der Waals surface area contributed by atoms with Crippen LogP contribution in [0.3, 0.4) is 0 Å². The maximum Gasteiger partial charge on any atom is 0.254 e. The molecule has 2 aliphatic heterocycles. The number of carbonyl (C=O) groups excluding carboxylic acids is 1. The molecular formula is C23H19N3O3. The van der Waals surface area contributed by atoms with Crippen molar-refractivity contribution in [1.29, 1.82) is 0 Å². The molecule has 0 spiro atoms. The van der Waals surface area contributed by atoms with Gasteiger partial charge in [-0.2, -0.15) is 0 Å². The zero-order valence-electron chi connectivity index (χ0n) is 15.9. The van der Waals surface area contributed by atoms with Gasteiger partial charge >= 0.3 is 0 Å². The van der Waals surface area contributed by atoms with E-state index in [1.54, 1.807) is 18.0 Å². The molecule has 6 heteroatoms. The second kappa shape index (κ2) is 6.50. The lowest BCUT2D eigenvalue weighted by molar-refractivity contribution is 0.0708. The minimum absolute atomic E-state index is 0.0844. The summed E-state index contributed by atoms with van der Waals surface area (Å²) in [5, 5.41) is 0.910. The van der Waals surface area contributed by atoms with Crippen LogP contribution in [-0.4, -0.2) is 29.4 Å². The Morgan fingerprint density at radius 1 is 1.24 bits per heavy atom. The van der Waals surface area contributed by atoms with Crippen molar-refractivity contribution in [2.24, 2.45) is 0 Å². The van der Waals surface area contributed by atoms with Gasteiger partial charge in [-0.1, -0.05) is 12.0 Å². The highest BCUT2D eigenvalue weighted by molar-refractivity contribution is 5.99. The number of amides is 1. The number of nitrogens with zero attached hydrogens (tertiary/aromatic N) is 2. The van der Waals surface area contributed by atoms with Crippen molar-refractivity contribution < 1.29 is 14.3 Å². The Bertz CT molecular complexity index is 1210. The zero-order chi connectivity index (χ0) is 20.1. The Morgan fingerprint density at radius 3 is 2.90 bits per heavy atom. The van der Waals surface area contributed by atoms with E-state index >= 15 is 0 Å². The van der Waals surface area contributed by atoms with Crippen LogP contribution in [0.1, 0.15) is 38.7 Å². The van der Waals surface area contributed by atoms with Crippen molar-refractivity contribution >= 4 is 22.6 Å². The average Bonchev–Trinajstić information content (AvgIpc) is 3.40. The summed E-state index contributed by atoms with van der Waals surface area (Å²) >= 11 is 0. The molecule has 1 atom stereocenters. The lowest BCUT2D eigenvalue weighted by Crippen LogP contribution is -2.32. The maximum atomic E-state index is 13.2. The van der Waals surface area contributed by atoms with Gasteiger partial charge in [-0.25, -0.2) is 4.98 Å². The third kappa shape index (κ3) is 2.71. The van der Waals surface area contributed by atoms with Crippen LogP contribution in [0.5, 0.6) is 5.75 Å². The van der Waals surface area contributed by atoms with Gasteiger partial charge in [-0.05, 0) is 35.9 Å². The molecule has 3 heterocycles. The topological polar surface area (TPSA) is 77.7 Å². The summed E-state index contributed by atoms with van der Waals surface area (Å²) in [6.07, 6.45) is 5.46. The van der Waals surface area contributed by atoms with Crippen LogP contribution in [0.4, 0.5) is 5.82 Å². The standard InChI is InChI=1S/C23H19N3O3/c1-3-13-4-6-15-20(12-29-21(15)8-13)26(2)23(27)14-5-7-19-16(9-14)17-10-28-11-18(17)22(24)25-19/h1,4-9,20H,10-12H2,2H3,(H2,24,25). The number of terminal acetylenes is 1. The first-order chi connectivity index (χ1) is 14.1. The van der Waals surface area contributed by atoms with Gasteiger partial charge in [-0.3, -0.25) is 4.79 Å². The molecule has 1 aromatic heterocycles. The predicted molar refractivity (Wildman–Crippen MR) is 109 cm³/mol. The molecule has 5 rings (SSSR count). The van der Waals surface area contributed by atoms with Crippen LogP contribution in [0, 0.1) is 12.3 Å². The molecule has 2 N–H and O–H groups in total. The third-order valence-corrected chi connectivity index (χ3v) is 5.70. The molecule has 0 saturated heterocycles. The van der Waals surface area contributed by atoms with E-state index in [0.717, 1.165) is 38.9 Å². The molecule has 2 aliphatic rings. The first-order valence-electron chi connectivity index (χ1n) is 9.36. The van der Waals surface area contributed by atoms with Crippen molar-refractivity contribution in [3.8, 4) is 18.1 Å². The minimum atomic E-state index is -0.168. The minimum Gasteiger partial charge on any atom is -0.491 e. The molecule has 0 aliphatic carbocycles. The molecule has 6 nitrogen and oxygen atoms in total. The number of pyridine rings is 1. The number of benzene rings is 2. The highest BCUT2D eigenvalue weighted by Crippen LogP contribution is 2.37. The van der Waals surface area contributed by atoms with Crippen molar-refractivity contribution in [3.05, 3.63) is 64.2 Å². The Hall–Kier alpha value is -3.56. The van der Waals surface area contributed by atoms with E-state index in [1.807, 2.05) is 30.3 Å². The Kier molecular flexibility index (Phi) is 3.93. The number of carbonyl (C=O) groups is 1. The number of aromatic nitrogens is 1. The number of ether oxygens (including phenoxy) is 2. The van der Waals surface area contributed by atoms with Gasteiger partial charge in [0.05, 0.1) is 24.8 Å². The van der Waals surface area contributed by atoms with Crippen LogP contribution in [0.25, 0.3) is 10.9 Å². The fraction of sp³-hybridized carbons (Fsp3) is 0.217. The molecule has 1 amide bonds. The molecule has 3 aromatic rings. The van der Waals surface area contributed by atoms with Gasteiger partial charge in [0, 0.05) is 34.7 Å². The number of rotatable bonds is 2. The quantitative estimate of drug-likeness (QED) is 0.686. The summed E-state index contributed by atoms with van der Waals surface area (Å²) < 4.78 is 11.3. The number of likely N-dealkylation sites (N-methyl/N-ethyl adjacent to an activating group) is 1. The fourth-order valence-electron chi connectivity index (χ4n) is 4.05. The SMILES string of the molecule is C#Cc1ccc2c(c1)OCC2N(C)C(=O)c1ccc2nc(N)c3c(c2c1)COC3. The molecule has 0 bridgehead atoms. The molecule has 0 radical (unpaired) electrons. The Balaban J connectivity index is 1.49. The lowest BCUT2D eigenvalue weighted by atomic mass is 10.0. The fourth-order valence-corrected chi connectivity index (χ4v) is 4.05. The smallest absolute Gasteiger partial charge is 0.254 e. The largest absolute Gasteiger partial charge is 0.491 e. The van der Waals surface area contributed by atoms with Crippen LogP contribution in [-0.2, 0) is 18.0 Å². The molecule has 29 heavy (non-hydrogen) atoms. The molecule has 0 saturated carbocycles. The molecule has 2 aromatic carbocycles. The maximum absolute atomic E-state index is 13.2. The van der Waals surface area contributed by atoms with Gasteiger partial charge in [0.25, 0.3) is 5.91 Å². The Labute approximate surface area is 168 Å². The van der Waals surface area contributed by atoms with E-state index in [4.69, 9.17) is 21.6 Å². The number of nitrogens with two attached hydrogens (primary N) is 1. The second-order valence-corrected chi connectivity index (χ2v) is 7.32. The van der Waals surface area contributed by atoms with Gasteiger partial charge in [0.15, 0.2) is 0 Å². The van der Waals surface area contributed by atoms with E-state index in [9.17, 15) is 4.79 Å². The molecular weight excluding hydrogens is 366 g/mol. The third-order valence-electron chi connectivity index (χ3n) is 5.70. The lowest BCUT2D eigenvalue weighted by Gasteiger charge is -2.24. The molecule has 1 unspecified atom stereocenters. The van der Waals surface area contributed by atoms with Crippen molar-refractivity contribution in [3.63, 3.8) is 0 Å². The highest BCUT2D eigenvalue weighted by Gasteiger charge is 2.31. The number of fused-ring (bicyclic) bond motifs is 4. The zero-order valence-corrected chi connectivity index (χ0v) is 15.9. The van der Waals surface area contributed by atoms with Crippen LogP contribution >= 0.6 is 0 Å². The van der Waals surface area contributed by atoms with E-state index in [1.165, 1.54) is 0 Å². The Morgan fingerprint density at radius 2 is 2.07 bits per heavy atom. The number of hydrogen-bond donors (Lipinski definition) is 1. The first kappa shape index (κ1) is 17.5. The van der Waals surface area contributed by atoms with Gasteiger partial charge < -0.3 is 20.1 Å². The van der Waals surface area contributed by atoms with Gasteiger partial charge in [-0.15, -0.1) is 6.42 Å². The van der Waals surface area contributed by atoms with E-state index in [0.29, 0.717) is 31.2 Å². The highest BCUT2D eigenvalue weighted by atomic mass is 16.5. The predicted octanol–water partition coefficient (Wildman–Crippen LogP) is 3.03. The summed E-state index contributed by atoms with van der Waals surface area (Å²) in [5.74, 6) is 3.75. The van der Waals surface area contributed by atoms with Crippen molar-refractivity contribution in [2.45, 2.75) is 19.3 Å². The molecule has 0 fully saturated rings. The van der Waals surface area contributed by atoms with Crippen molar-refractivity contribution in [1.82, 2.24) is 9.88 Å². The van der Waals surface area contributed by atoms with Gasteiger partial charge in [0.1, 0.15) is 18.2 Å². The average molecular weight is 385 g/mol. The number of nitrogen functional groups attached to an aromatic ring is 1. The van der Waals surface area contributed by atoms with Gasteiger partial charge in [0.2, 0.25) is 0 Å². The summed E-state index contributed by atoms with van der Waals surface area (Å²) in [7, 11) is 1.79. The summed E-state index contributed by atoms with van der Waals surface area (Å²) in [5.41, 5.74) is 11.1. The monoisotopic (exact) mass is 385 g/mol. The van der Waals surface area contributed by atoms with Crippen LogP contribution < -0.4 is 10.5 Å². The summed E-state index contributed by atoms with van der Waals surface area (Å²) in [6, 6.07) is 11.0. The van der Waals surface area contributed by atoms with E-state index < -0.39 is 0 Å². The summed E-state index contributed by atoms with van der Waals surface area (Å²) in [4.78, 5) is 19.4. The van der Waals surface area contributed by atoms with Crippen LogP contribution in [0.2, 0.25) is 0 Å².